The van der Waals surface area contributed by atoms with E-state index in [1.54, 1.807) is 4.68 Å². The van der Waals surface area contributed by atoms with Gasteiger partial charge in [0.1, 0.15) is 16.0 Å². The first-order valence-corrected chi connectivity index (χ1v) is 13.2. The Hall–Kier alpha value is -2.58. The summed E-state index contributed by atoms with van der Waals surface area (Å²) in [5, 5.41) is 4.33. The molecule has 1 saturated heterocycles. The van der Waals surface area contributed by atoms with Crippen LogP contribution in [0.4, 0.5) is 5.69 Å². The van der Waals surface area contributed by atoms with Crippen molar-refractivity contribution in [3.05, 3.63) is 105 Å². The number of hydrogen-bond acceptors (Lipinski definition) is 5. The van der Waals surface area contributed by atoms with E-state index in [4.69, 9.17) is 16.3 Å². The zero-order valence-electron chi connectivity index (χ0n) is 19.1. The third kappa shape index (κ3) is 5.33. The van der Waals surface area contributed by atoms with Gasteiger partial charge < -0.3 is 9.64 Å². The maximum absolute atomic E-state index is 13.6. The molecule has 5 nitrogen and oxygen atoms in total. The van der Waals surface area contributed by atoms with Crippen molar-refractivity contribution in [2.45, 2.75) is 27.3 Å². The molecule has 1 unspecified atom stereocenters. The van der Waals surface area contributed by atoms with Crippen molar-refractivity contribution in [3.63, 3.8) is 0 Å². The minimum Gasteiger partial charge on any atom is -0.380 e. The van der Waals surface area contributed by atoms with Crippen molar-refractivity contribution in [1.29, 1.82) is 0 Å². The van der Waals surface area contributed by atoms with Gasteiger partial charge in [0, 0.05) is 30.3 Å². The van der Waals surface area contributed by atoms with Gasteiger partial charge in [-0.1, -0.05) is 78.0 Å². The van der Waals surface area contributed by atoms with Gasteiger partial charge in [-0.15, -0.1) is 12.6 Å². The van der Waals surface area contributed by atoms with E-state index >= 15 is 0 Å². The third-order valence-electron chi connectivity index (χ3n) is 6.07. The van der Waals surface area contributed by atoms with Gasteiger partial charge in [-0.2, -0.15) is 0 Å². The molecule has 3 aromatic carbocycles. The van der Waals surface area contributed by atoms with Gasteiger partial charge in [0.25, 0.3) is 5.56 Å². The number of anilines is 1. The van der Waals surface area contributed by atoms with Gasteiger partial charge in [-0.3, -0.25) is 9.89 Å². The van der Waals surface area contributed by atoms with E-state index in [0.717, 1.165) is 54.4 Å². The summed E-state index contributed by atoms with van der Waals surface area (Å²) in [5.74, 6) is 0. The van der Waals surface area contributed by atoms with Gasteiger partial charge in [0.15, 0.2) is 0 Å². The van der Waals surface area contributed by atoms with E-state index in [-0.39, 0.29) is 11.6 Å². The Labute approximate surface area is 219 Å². The van der Waals surface area contributed by atoms with Crippen LogP contribution >= 0.6 is 36.0 Å². The van der Waals surface area contributed by atoms with Crippen LogP contribution < -0.4 is 10.5 Å². The first-order valence-electron chi connectivity index (χ1n) is 11.6. The number of thiol groups is 1. The van der Waals surface area contributed by atoms with Crippen molar-refractivity contribution in [1.82, 2.24) is 9.78 Å². The van der Waals surface area contributed by atoms with E-state index in [9.17, 15) is 4.79 Å². The zero-order chi connectivity index (χ0) is 24.2. The quantitative estimate of drug-likeness (QED) is 0.298. The van der Waals surface area contributed by atoms with Crippen molar-refractivity contribution in [2.24, 2.45) is 0 Å². The summed E-state index contributed by atoms with van der Waals surface area (Å²) in [6.45, 7) is 3.40. The number of benzene rings is 3. The molecule has 0 aliphatic carbocycles. The van der Waals surface area contributed by atoms with Gasteiger partial charge >= 0.3 is 0 Å². The molecule has 1 aromatic heterocycles. The number of aromatic nitrogens is 2. The van der Waals surface area contributed by atoms with Crippen LogP contribution in [0.5, 0.6) is 0 Å². The fourth-order valence-electron chi connectivity index (χ4n) is 4.34. The maximum atomic E-state index is 13.6. The van der Waals surface area contributed by atoms with Crippen LogP contribution in [-0.2, 0) is 4.74 Å². The van der Waals surface area contributed by atoms with Crippen LogP contribution in [0.15, 0.2) is 98.5 Å². The smallest absolute Gasteiger partial charge is 0.282 e. The Morgan fingerprint density at radius 2 is 1.63 bits per heavy atom. The molecule has 5 rings (SSSR count). The molecule has 0 amide bonds. The first kappa shape index (κ1) is 24.1. The Kier molecular flexibility index (Phi) is 7.58. The van der Waals surface area contributed by atoms with Crippen molar-refractivity contribution >= 4 is 41.7 Å². The lowest BCUT2D eigenvalue weighted by molar-refractivity contribution is 0.152. The summed E-state index contributed by atoms with van der Waals surface area (Å²) >= 11 is 12.3. The second kappa shape index (κ2) is 11.0. The lowest BCUT2D eigenvalue weighted by Crippen LogP contribution is -2.26. The van der Waals surface area contributed by atoms with Gasteiger partial charge in [-0.05, 0) is 41.8 Å². The van der Waals surface area contributed by atoms with Gasteiger partial charge in [-0.25, -0.2) is 4.68 Å². The Morgan fingerprint density at radius 3 is 2.40 bits per heavy atom. The summed E-state index contributed by atoms with van der Waals surface area (Å²) in [5.41, 5.74) is 3.05. The van der Waals surface area contributed by atoms with E-state index in [1.165, 1.54) is 11.8 Å². The SMILES string of the molecule is O=c1c(Sc2ccccc2Cl)c(S)[nH]n1C(c1ccccc1)c1ccc(N2CCCOCC2)cc1. The van der Waals surface area contributed by atoms with Crippen molar-refractivity contribution in [3.8, 4) is 0 Å². The monoisotopic (exact) mass is 523 g/mol. The van der Waals surface area contributed by atoms with E-state index in [1.807, 2.05) is 54.6 Å². The minimum atomic E-state index is -0.322. The second-order valence-corrected chi connectivity index (χ2v) is 10.3. The average molecular weight is 524 g/mol. The predicted molar refractivity (Wildman–Crippen MR) is 146 cm³/mol. The van der Waals surface area contributed by atoms with E-state index < -0.39 is 0 Å². The highest BCUT2D eigenvalue weighted by atomic mass is 35.5. The van der Waals surface area contributed by atoms with Crippen molar-refractivity contribution in [2.75, 3.05) is 31.2 Å². The molecule has 2 heterocycles. The molecule has 1 N–H and O–H groups in total. The van der Waals surface area contributed by atoms with Crippen LogP contribution in [0.3, 0.4) is 0 Å². The highest BCUT2D eigenvalue weighted by molar-refractivity contribution is 8.00. The van der Waals surface area contributed by atoms with Crippen LogP contribution in [-0.4, -0.2) is 36.1 Å². The van der Waals surface area contributed by atoms with Crippen LogP contribution in [0.1, 0.15) is 23.6 Å². The molecule has 0 radical (unpaired) electrons. The number of aromatic amines is 1. The standard InChI is InChI=1S/C27H26ClN3O2S2/c28-22-9-4-5-10-23(22)35-25-26(34)29-31(27(25)32)24(19-7-2-1-3-8-19)20-11-13-21(14-12-20)30-15-6-17-33-18-16-30/h1-5,7-14,24,29,34H,6,15-18H2. The number of hydrogen-bond donors (Lipinski definition) is 2. The molecule has 1 fully saturated rings. The molecule has 1 aliphatic rings. The van der Waals surface area contributed by atoms with Crippen molar-refractivity contribution < 1.29 is 4.74 Å². The largest absolute Gasteiger partial charge is 0.380 e. The van der Waals surface area contributed by atoms with Gasteiger partial charge in [0.05, 0.1) is 11.6 Å². The van der Waals surface area contributed by atoms with Crippen LogP contribution in [0, 0.1) is 0 Å². The highest BCUT2D eigenvalue weighted by Gasteiger charge is 2.24. The lowest BCUT2D eigenvalue weighted by atomic mass is 9.98. The molecule has 4 aromatic rings. The molecule has 0 bridgehead atoms. The number of ether oxygens (including phenoxy) is 1. The van der Waals surface area contributed by atoms with E-state index in [0.29, 0.717) is 14.9 Å². The number of rotatable bonds is 6. The number of nitrogens with one attached hydrogen (secondary N) is 1. The topological polar surface area (TPSA) is 50.3 Å². The normalized spacial score (nSPS) is 15.1. The number of nitrogens with zero attached hydrogens (tertiary/aromatic N) is 2. The molecule has 0 saturated carbocycles. The number of H-pyrrole nitrogens is 1. The minimum absolute atomic E-state index is 0.137. The molecular formula is C27H26ClN3O2S2. The average Bonchev–Trinajstić information content (AvgIpc) is 3.06. The Bertz CT molecular complexity index is 1330. The second-order valence-electron chi connectivity index (χ2n) is 8.35. The molecule has 180 valence electrons. The van der Waals surface area contributed by atoms with E-state index in [2.05, 4.69) is 46.9 Å². The Morgan fingerprint density at radius 1 is 0.914 bits per heavy atom. The molecule has 1 atom stereocenters. The summed E-state index contributed by atoms with van der Waals surface area (Å²) in [7, 11) is 0. The zero-order valence-corrected chi connectivity index (χ0v) is 21.5. The molecular weight excluding hydrogens is 498 g/mol. The Balaban J connectivity index is 1.52. The lowest BCUT2D eigenvalue weighted by Gasteiger charge is -2.24. The third-order valence-corrected chi connectivity index (χ3v) is 8.15. The predicted octanol–water partition coefficient (Wildman–Crippen LogP) is 6.13. The van der Waals surface area contributed by atoms with Gasteiger partial charge in [0.2, 0.25) is 0 Å². The maximum Gasteiger partial charge on any atom is 0.282 e. The molecule has 35 heavy (non-hydrogen) atoms. The number of halogens is 1. The fraction of sp³-hybridized carbons (Fsp3) is 0.222. The highest BCUT2D eigenvalue weighted by Crippen LogP contribution is 2.35. The fourth-order valence-corrected chi connectivity index (χ4v) is 5.79. The van der Waals surface area contributed by atoms with Crippen LogP contribution in [0.25, 0.3) is 0 Å². The summed E-state index contributed by atoms with van der Waals surface area (Å²) in [4.78, 5) is 17.3. The summed E-state index contributed by atoms with van der Waals surface area (Å²) in [6.07, 6.45) is 1.02. The molecule has 8 heteroatoms. The summed E-state index contributed by atoms with van der Waals surface area (Å²) < 4.78 is 7.26. The molecule has 0 spiro atoms. The van der Waals surface area contributed by atoms with Crippen LogP contribution in [0.2, 0.25) is 5.02 Å². The molecule has 1 aliphatic heterocycles. The first-order chi connectivity index (χ1) is 17.1. The summed E-state index contributed by atoms with van der Waals surface area (Å²) in [6, 6.07) is 25.7.